The number of hydrogen-bond acceptors (Lipinski definition) is 6. The molecule has 1 fully saturated rings. The average Bonchev–Trinajstić information content (AvgIpc) is 2.86. The van der Waals surface area contributed by atoms with E-state index < -0.39 is 0 Å². The van der Waals surface area contributed by atoms with Gasteiger partial charge in [0.15, 0.2) is 11.5 Å². The van der Waals surface area contributed by atoms with Crippen LogP contribution in [0.15, 0.2) is 22.7 Å². The van der Waals surface area contributed by atoms with Gasteiger partial charge in [0.2, 0.25) is 11.7 Å². The molecule has 0 spiro atoms. The van der Waals surface area contributed by atoms with E-state index in [4.69, 9.17) is 15.0 Å². The molecule has 1 aromatic heterocycles. The van der Waals surface area contributed by atoms with Gasteiger partial charge in [0, 0.05) is 17.5 Å². The van der Waals surface area contributed by atoms with E-state index in [0.29, 0.717) is 23.9 Å². The minimum Gasteiger partial charge on any atom is -0.504 e. The molecule has 0 amide bonds. The maximum atomic E-state index is 9.57. The molecule has 0 aliphatic heterocycles. The summed E-state index contributed by atoms with van der Waals surface area (Å²) in [6, 6.07) is 4.93. The van der Waals surface area contributed by atoms with Crippen LogP contribution < -0.4 is 10.5 Å². The quantitative estimate of drug-likeness (QED) is 0.884. The van der Waals surface area contributed by atoms with E-state index in [-0.39, 0.29) is 11.3 Å². The Labute approximate surface area is 116 Å². The Balaban J connectivity index is 1.82. The highest BCUT2D eigenvalue weighted by Gasteiger charge is 2.34. The Morgan fingerprint density at radius 1 is 1.45 bits per heavy atom. The molecule has 3 N–H and O–H groups in total. The first-order valence-electron chi connectivity index (χ1n) is 6.58. The third-order valence-corrected chi connectivity index (χ3v) is 3.76. The zero-order chi connectivity index (χ0) is 14.2. The molecule has 1 heterocycles. The minimum atomic E-state index is -0.184. The van der Waals surface area contributed by atoms with Crippen LogP contribution in [0.5, 0.6) is 11.5 Å². The molecule has 3 rings (SSSR count). The van der Waals surface area contributed by atoms with Crippen molar-refractivity contribution in [1.82, 2.24) is 10.1 Å². The largest absolute Gasteiger partial charge is 0.504 e. The van der Waals surface area contributed by atoms with E-state index in [0.717, 1.165) is 24.8 Å². The lowest BCUT2D eigenvalue weighted by Crippen LogP contribution is -2.48. The van der Waals surface area contributed by atoms with Crippen LogP contribution in [0, 0.1) is 0 Å². The van der Waals surface area contributed by atoms with Crippen LogP contribution in [0.25, 0.3) is 11.4 Å². The number of aromatic hydroxyl groups is 1. The average molecular weight is 275 g/mol. The molecule has 6 heteroatoms. The fourth-order valence-corrected chi connectivity index (χ4v) is 2.37. The van der Waals surface area contributed by atoms with Gasteiger partial charge in [0.1, 0.15) is 0 Å². The number of rotatable bonds is 4. The third kappa shape index (κ3) is 2.34. The molecule has 1 aromatic carbocycles. The van der Waals surface area contributed by atoms with E-state index >= 15 is 0 Å². The van der Waals surface area contributed by atoms with Gasteiger partial charge in [-0.2, -0.15) is 4.98 Å². The second-order valence-electron chi connectivity index (χ2n) is 5.29. The molecule has 20 heavy (non-hydrogen) atoms. The lowest BCUT2D eigenvalue weighted by atomic mass is 9.75. The van der Waals surface area contributed by atoms with Gasteiger partial charge < -0.3 is 20.1 Å². The molecular formula is C14H17N3O3. The van der Waals surface area contributed by atoms with E-state index in [2.05, 4.69) is 10.1 Å². The summed E-state index contributed by atoms with van der Waals surface area (Å²) in [6.07, 6.45) is 3.76. The van der Waals surface area contributed by atoms with Gasteiger partial charge in [-0.25, -0.2) is 0 Å². The van der Waals surface area contributed by atoms with Crippen molar-refractivity contribution < 1.29 is 14.4 Å². The molecule has 0 bridgehead atoms. The lowest BCUT2D eigenvalue weighted by molar-refractivity contribution is 0.222. The van der Waals surface area contributed by atoms with Crippen LogP contribution in [-0.4, -0.2) is 27.9 Å². The zero-order valence-electron chi connectivity index (χ0n) is 11.3. The molecule has 0 radical (unpaired) electrons. The fourth-order valence-electron chi connectivity index (χ4n) is 2.37. The molecule has 1 aliphatic carbocycles. The molecule has 1 aliphatic rings. The monoisotopic (exact) mass is 275 g/mol. The second-order valence-corrected chi connectivity index (χ2v) is 5.29. The first-order valence-corrected chi connectivity index (χ1v) is 6.58. The number of hydrogen-bond donors (Lipinski definition) is 2. The van der Waals surface area contributed by atoms with E-state index in [1.54, 1.807) is 18.2 Å². The first kappa shape index (κ1) is 12.9. The lowest BCUT2D eigenvalue weighted by Gasteiger charge is -2.36. The molecule has 0 unspecified atom stereocenters. The number of phenolic OH excluding ortho intramolecular Hbond substituents is 1. The normalized spacial score (nSPS) is 16.7. The van der Waals surface area contributed by atoms with Gasteiger partial charge in [0.25, 0.3) is 0 Å². The van der Waals surface area contributed by atoms with Crippen LogP contribution in [0.4, 0.5) is 0 Å². The maximum Gasteiger partial charge on any atom is 0.228 e. The summed E-state index contributed by atoms with van der Waals surface area (Å²) >= 11 is 0. The predicted molar refractivity (Wildman–Crippen MR) is 72.4 cm³/mol. The van der Waals surface area contributed by atoms with Crippen molar-refractivity contribution in [3.63, 3.8) is 0 Å². The Hall–Kier alpha value is -2.08. The van der Waals surface area contributed by atoms with Gasteiger partial charge in [0.05, 0.1) is 7.11 Å². The third-order valence-electron chi connectivity index (χ3n) is 3.76. The summed E-state index contributed by atoms with van der Waals surface area (Å²) in [5.74, 6) is 1.48. The minimum absolute atomic E-state index is 0.0790. The maximum absolute atomic E-state index is 9.57. The number of benzene rings is 1. The molecule has 0 saturated heterocycles. The Morgan fingerprint density at radius 2 is 2.25 bits per heavy atom. The van der Waals surface area contributed by atoms with Gasteiger partial charge in [-0.15, -0.1) is 0 Å². The van der Waals surface area contributed by atoms with Gasteiger partial charge in [-0.05, 0) is 37.5 Å². The van der Waals surface area contributed by atoms with Crippen molar-refractivity contribution in [2.24, 2.45) is 5.73 Å². The summed E-state index contributed by atoms with van der Waals surface area (Å²) in [5.41, 5.74) is 6.71. The number of methoxy groups -OCH3 is 1. The number of phenols is 1. The molecule has 106 valence electrons. The molecule has 1 saturated carbocycles. The van der Waals surface area contributed by atoms with Gasteiger partial charge in [-0.3, -0.25) is 0 Å². The Kier molecular flexibility index (Phi) is 3.10. The van der Waals surface area contributed by atoms with Crippen LogP contribution in [0.2, 0.25) is 0 Å². The van der Waals surface area contributed by atoms with Crippen LogP contribution in [0.3, 0.4) is 0 Å². The van der Waals surface area contributed by atoms with Gasteiger partial charge >= 0.3 is 0 Å². The molecule has 2 aromatic rings. The number of aromatic nitrogens is 2. The van der Waals surface area contributed by atoms with Crippen molar-refractivity contribution in [1.29, 1.82) is 0 Å². The predicted octanol–water partition coefficient (Wildman–Crippen LogP) is 1.87. The topological polar surface area (TPSA) is 94.4 Å². The van der Waals surface area contributed by atoms with E-state index in [1.807, 2.05) is 0 Å². The Morgan fingerprint density at radius 3 is 2.90 bits per heavy atom. The number of nitrogens with zero attached hydrogens (tertiary/aromatic N) is 2. The van der Waals surface area contributed by atoms with Crippen molar-refractivity contribution >= 4 is 0 Å². The molecule has 0 atom stereocenters. The SMILES string of the molecule is COc1cc(-c2noc(CC3(N)CCC3)n2)ccc1O. The summed E-state index contributed by atoms with van der Waals surface area (Å²) in [5, 5.41) is 13.5. The molecule has 6 nitrogen and oxygen atoms in total. The summed E-state index contributed by atoms with van der Waals surface area (Å²) < 4.78 is 10.3. The summed E-state index contributed by atoms with van der Waals surface area (Å²) in [7, 11) is 1.50. The molecular weight excluding hydrogens is 258 g/mol. The van der Waals surface area contributed by atoms with Crippen molar-refractivity contribution in [2.45, 2.75) is 31.2 Å². The summed E-state index contributed by atoms with van der Waals surface area (Å²) in [6.45, 7) is 0. The smallest absolute Gasteiger partial charge is 0.228 e. The van der Waals surface area contributed by atoms with Crippen molar-refractivity contribution in [3.8, 4) is 22.9 Å². The second kappa shape index (κ2) is 4.79. The van der Waals surface area contributed by atoms with Crippen LogP contribution in [-0.2, 0) is 6.42 Å². The van der Waals surface area contributed by atoms with Crippen molar-refractivity contribution in [3.05, 3.63) is 24.1 Å². The summed E-state index contributed by atoms with van der Waals surface area (Å²) in [4.78, 5) is 4.36. The number of ether oxygens (including phenoxy) is 1. The highest BCUT2D eigenvalue weighted by molar-refractivity contribution is 5.60. The zero-order valence-corrected chi connectivity index (χ0v) is 11.3. The van der Waals surface area contributed by atoms with E-state index in [9.17, 15) is 5.11 Å². The fraction of sp³-hybridized carbons (Fsp3) is 0.429. The Bertz CT molecular complexity index is 620. The van der Waals surface area contributed by atoms with Gasteiger partial charge in [-0.1, -0.05) is 5.16 Å². The van der Waals surface area contributed by atoms with Crippen molar-refractivity contribution in [2.75, 3.05) is 7.11 Å². The highest BCUT2D eigenvalue weighted by Crippen LogP contribution is 2.33. The van der Waals surface area contributed by atoms with Crippen LogP contribution >= 0.6 is 0 Å². The number of nitrogens with two attached hydrogens (primary N) is 1. The first-order chi connectivity index (χ1) is 9.59. The standard InChI is InChI=1S/C14H17N3O3/c1-19-11-7-9(3-4-10(11)18)13-16-12(20-17-13)8-14(15)5-2-6-14/h3-4,7,18H,2,5-6,8,15H2,1H3. The highest BCUT2D eigenvalue weighted by atomic mass is 16.5. The van der Waals surface area contributed by atoms with E-state index in [1.165, 1.54) is 7.11 Å². The van der Waals surface area contributed by atoms with Crippen LogP contribution in [0.1, 0.15) is 25.2 Å².